The van der Waals surface area contributed by atoms with Crippen LogP contribution < -0.4 is 4.91 Å². The maximum atomic E-state index is 8.63. The Bertz CT molecular complexity index is 389. The lowest BCUT2D eigenvalue weighted by atomic mass is 10.3. The highest BCUT2D eigenvalue weighted by atomic mass is 16.3. The molecule has 0 fully saturated rings. The molecule has 0 aliphatic heterocycles. The van der Waals surface area contributed by atoms with Crippen molar-refractivity contribution < 1.29 is 10.2 Å². The number of phenols is 2. The second-order valence-electron chi connectivity index (χ2n) is 2.78. The fraction of sp³-hybridized carbons (Fsp3) is 0. The molecule has 0 saturated carbocycles. The molecule has 17 heavy (non-hydrogen) atoms. The SMILES string of the molecule is N=[N+]=N.Oc1ccccc1.Oc1ccccc1. The number of benzene rings is 2. The Morgan fingerprint density at radius 1 is 0.647 bits per heavy atom. The Morgan fingerprint density at radius 2 is 0.882 bits per heavy atom. The zero-order chi connectivity index (χ0) is 12.9. The third-order valence-electron chi connectivity index (χ3n) is 1.51. The molecular formula is C12H14N3O2+. The minimum absolute atomic E-state index is 0.322. The summed E-state index contributed by atoms with van der Waals surface area (Å²) in [7, 11) is 0. The van der Waals surface area contributed by atoms with Crippen molar-refractivity contribution >= 4 is 0 Å². The van der Waals surface area contributed by atoms with Crippen LogP contribution >= 0.6 is 0 Å². The monoisotopic (exact) mass is 232 g/mol. The van der Waals surface area contributed by atoms with Crippen LogP contribution in [0.25, 0.3) is 0 Å². The molecule has 0 atom stereocenters. The molecule has 0 radical (unpaired) electrons. The van der Waals surface area contributed by atoms with Gasteiger partial charge in [-0.2, -0.15) is 0 Å². The summed E-state index contributed by atoms with van der Waals surface area (Å²) in [6.45, 7) is 0. The van der Waals surface area contributed by atoms with Crippen LogP contribution in [0.3, 0.4) is 0 Å². The number of nitrogens with one attached hydrogen (secondary N) is 2. The highest BCUT2D eigenvalue weighted by molar-refractivity contribution is 5.19. The van der Waals surface area contributed by atoms with Gasteiger partial charge in [0.15, 0.2) is 0 Å². The second-order valence-corrected chi connectivity index (χ2v) is 2.78. The summed E-state index contributed by atoms with van der Waals surface area (Å²) in [6.07, 6.45) is 0. The summed E-state index contributed by atoms with van der Waals surface area (Å²) >= 11 is 0. The first-order chi connectivity index (χ1) is 8.20. The average molecular weight is 232 g/mol. The van der Waals surface area contributed by atoms with Crippen molar-refractivity contribution in [3.05, 3.63) is 60.7 Å². The Hall–Kier alpha value is -2.65. The van der Waals surface area contributed by atoms with E-state index in [1.54, 1.807) is 48.5 Å². The minimum Gasteiger partial charge on any atom is -0.508 e. The van der Waals surface area contributed by atoms with E-state index < -0.39 is 0 Å². The molecule has 0 spiro atoms. The van der Waals surface area contributed by atoms with Gasteiger partial charge in [0, 0.05) is 0 Å². The summed E-state index contributed by atoms with van der Waals surface area (Å²) in [4.78, 5) is 2.00. The number of aromatic hydroxyl groups is 2. The van der Waals surface area contributed by atoms with Crippen molar-refractivity contribution in [2.45, 2.75) is 0 Å². The molecule has 2 aromatic rings. The van der Waals surface area contributed by atoms with E-state index in [1.165, 1.54) is 0 Å². The van der Waals surface area contributed by atoms with Gasteiger partial charge in [0.2, 0.25) is 4.91 Å². The van der Waals surface area contributed by atoms with Crippen LogP contribution in [0.15, 0.2) is 60.7 Å². The molecule has 0 aliphatic carbocycles. The highest BCUT2D eigenvalue weighted by Gasteiger charge is 1.75. The molecule has 2 aromatic carbocycles. The molecule has 4 N–H and O–H groups in total. The van der Waals surface area contributed by atoms with Crippen LogP contribution in [0.1, 0.15) is 0 Å². The highest BCUT2D eigenvalue weighted by Crippen LogP contribution is 2.03. The quantitative estimate of drug-likeness (QED) is 0.414. The molecule has 0 unspecified atom stereocenters. The molecule has 5 nitrogen and oxygen atoms in total. The van der Waals surface area contributed by atoms with E-state index in [0.29, 0.717) is 11.5 Å². The smallest absolute Gasteiger partial charge is 0.211 e. The fourth-order valence-electron chi connectivity index (χ4n) is 0.856. The average Bonchev–Trinajstić information content (AvgIpc) is 2.33. The van der Waals surface area contributed by atoms with Gasteiger partial charge in [0.25, 0.3) is 0 Å². The second kappa shape index (κ2) is 9.89. The standard InChI is InChI=1S/2C6H6O.H2N3/c2*7-6-4-2-1-3-5-6;1-3-2/h2*1-5,7H;1-2H/q;;+1. The minimum atomic E-state index is 0.322. The largest absolute Gasteiger partial charge is 0.508 e. The lowest BCUT2D eigenvalue weighted by Gasteiger charge is -1.82. The zero-order valence-corrected chi connectivity index (χ0v) is 9.12. The zero-order valence-electron chi connectivity index (χ0n) is 9.12. The van der Waals surface area contributed by atoms with E-state index in [2.05, 4.69) is 0 Å². The predicted molar refractivity (Wildman–Crippen MR) is 63.8 cm³/mol. The van der Waals surface area contributed by atoms with Crippen LogP contribution in [0.2, 0.25) is 0 Å². The number of rotatable bonds is 0. The van der Waals surface area contributed by atoms with Crippen molar-refractivity contribution in [3.63, 3.8) is 0 Å². The molecule has 0 saturated heterocycles. The lowest BCUT2D eigenvalue weighted by Crippen LogP contribution is -1.56. The van der Waals surface area contributed by atoms with Gasteiger partial charge in [0.1, 0.15) is 22.6 Å². The topological polar surface area (TPSA) is 102 Å². The normalized spacial score (nSPS) is 7.53. The van der Waals surface area contributed by atoms with Crippen LogP contribution in [0, 0.1) is 11.1 Å². The molecule has 0 amide bonds. The van der Waals surface area contributed by atoms with E-state index in [9.17, 15) is 0 Å². The van der Waals surface area contributed by atoms with Crippen LogP contribution in [-0.2, 0) is 0 Å². The van der Waals surface area contributed by atoms with E-state index in [-0.39, 0.29) is 0 Å². The van der Waals surface area contributed by atoms with Crippen LogP contribution in [0.4, 0.5) is 0 Å². The van der Waals surface area contributed by atoms with E-state index in [4.69, 9.17) is 21.3 Å². The van der Waals surface area contributed by atoms with Gasteiger partial charge >= 0.3 is 0 Å². The number of para-hydroxylation sites is 2. The van der Waals surface area contributed by atoms with Gasteiger partial charge < -0.3 is 10.2 Å². The molecule has 0 aromatic heterocycles. The van der Waals surface area contributed by atoms with Gasteiger partial charge in [0.05, 0.1) is 0 Å². The summed E-state index contributed by atoms with van der Waals surface area (Å²) in [6, 6.07) is 17.4. The van der Waals surface area contributed by atoms with Gasteiger partial charge in [-0.3, -0.25) is 0 Å². The fourth-order valence-corrected chi connectivity index (χ4v) is 0.856. The molecule has 88 valence electrons. The first-order valence-corrected chi connectivity index (χ1v) is 4.72. The van der Waals surface area contributed by atoms with Crippen molar-refractivity contribution in [3.8, 4) is 11.5 Å². The van der Waals surface area contributed by atoms with Crippen molar-refractivity contribution in [1.82, 2.24) is 4.91 Å². The number of hydrogen-bond acceptors (Lipinski definition) is 4. The van der Waals surface area contributed by atoms with Gasteiger partial charge in [-0.1, -0.05) is 36.4 Å². The van der Waals surface area contributed by atoms with Crippen LogP contribution in [-0.4, -0.2) is 10.2 Å². The Labute approximate surface area is 99.0 Å². The molecular weight excluding hydrogens is 218 g/mol. The van der Waals surface area contributed by atoms with Crippen molar-refractivity contribution in [2.75, 3.05) is 0 Å². The third kappa shape index (κ3) is 9.65. The summed E-state index contributed by atoms with van der Waals surface area (Å²) in [5.74, 6) is 0.644. The number of nitrogens with zero attached hydrogens (tertiary/aromatic N) is 1. The first kappa shape index (κ1) is 14.4. The Balaban J connectivity index is 0.000000247. The maximum Gasteiger partial charge on any atom is 0.211 e. The third-order valence-corrected chi connectivity index (χ3v) is 1.51. The Kier molecular flexibility index (Phi) is 8.35. The molecule has 0 bridgehead atoms. The van der Waals surface area contributed by atoms with Gasteiger partial charge in [-0.05, 0) is 24.3 Å². The van der Waals surface area contributed by atoms with Crippen molar-refractivity contribution in [1.29, 1.82) is 11.1 Å². The molecule has 5 heteroatoms. The number of phenolic OH excluding ortho intramolecular Hbond substituents is 2. The van der Waals surface area contributed by atoms with Crippen LogP contribution in [0.5, 0.6) is 11.5 Å². The predicted octanol–water partition coefficient (Wildman–Crippen LogP) is 2.90. The van der Waals surface area contributed by atoms with E-state index in [1.807, 2.05) is 17.0 Å². The van der Waals surface area contributed by atoms with Crippen molar-refractivity contribution in [2.24, 2.45) is 0 Å². The lowest BCUT2D eigenvalue weighted by molar-refractivity contribution is 0.475. The molecule has 0 aliphatic rings. The maximum absolute atomic E-state index is 8.63. The number of hydrogen-bond donors (Lipinski definition) is 4. The van der Waals surface area contributed by atoms with Gasteiger partial charge in [-0.25, -0.2) is 0 Å². The summed E-state index contributed by atoms with van der Waals surface area (Å²) in [5.41, 5.74) is 11.0. The Morgan fingerprint density at radius 3 is 1.00 bits per heavy atom. The van der Waals surface area contributed by atoms with E-state index in [0.717, 1.165) is 0 Å². The van der Waals surface area contributed by atoms with Gasteiger partial charge in [-0.15, -0.1) is 0 Å². The van der Waals surface area contributed by atoms with E-state index >= 15 is 0 Å². The first-order valence-electron chi connectivity index (χ1n) is 4.72. The summed E-state index contributed by atoms with van der Waals surface area (Å²) < 4.78 is 0. The summed E-state index contributed by atoms with van der Waals surface area (Å²) in [5, 5.41) is 17.3. The molecule has 0 heterocycles. The molecule has 2 rings (SSSR count).